The van der Waals surface area contributed by atoms with Crippen molar-refractivity contribution < 1.29 is 8.42 Å². The van der Waals surface area contributed by atoms with Crippen molar-refractivity contribution >= 4 is 21.6 Å². The molecule has 7 heteroatoms. The van der Waals surface area contributed by atoms with Gasteiger partial charge in [0.05, 0.1) is 15.5 Å². The summed E-state index contributed by atoms with van der Waals surface area (Å²) >= 11 is 5.79. The van der Waals surface area contributed by atoms with E-state index in [9.17, 15) is 8.42 Å². The number of nitriles is 1. The first-order valence-electron chi connectivity index (χ1n) is 6.36. The second-order valence-electron chi connectivity index (χ2n) is 4.45. The molecule has 1 aromatic carbocycles. The normalized spacial score (nSPS) is 12.9. The van der Waals surface area contributed by atoms with E-state index in [0.29, 0.717) is 6.42 Å². The van der Waals surface area contributed by atoms with Crippen molar-refractivity contribution in [1.29, 1.82) is 5.26 Å². The Kier molecular flexibility index (Phi) is 6.43. The molecule has 0 amide bonds. The Morgan fingerprint density at radius 3 is 2.75 bits per heavy atom. The summed E-state index contributed by atoms with van der Waals surface area (Å²) < 4.78 is 27.0. The van der Waals surface area contributed by atoms with Gasteiger partial charge >= 0.3 is 0 Å². The molecule has 0 saturated carbocycles. The minimum absolute atomic E-state index is 0.0217. The van der Waals surface area contributed by atoms with E-state index in [1.807, 2.05) is 13.0 Å². The summed E-state index contributed by atoms with van der Waals surface area (Å²) in [5.41, 5.74) is 5.71. The lowest BCUT2D eigenvalue weighted by molar-refractivity contribution is 0.516. The van der Waals surface area contributed by atoms with E-state index >= 15 is 0 Å². The van der Waals surface area contributed by atoms with E-state index in [2.05, 4.69) is 4.72 Å². The van der Waals surface area contributed by atoms with Crippen LogP contribution in [0.15, 0.2) is 23.1 Å². The molecular formula is C13H18ClN3O2S. The van der Waals surface area contributed by atoms with E-state index in [1.54, 1.807) is 0 Å². The smallest absolute Gasteiger partial charge is 0.240 e. The molecule has 0 fully saturated rings. The fraction of sp³-hybridized carbons (Fsp3) is 0.462. The maximum Gasteiger partial charge on any atom is 0.240 e. The predicted molar refractivity (Wildman–Crippen MR) is 78.9 cm³/mol. The first-order chi connectivity index (χ1) is 9.44. The number of nitrogens with two attached hydrogens (primary N) is 1. The Hall–Kier alpha value is -1.13. The Morgan fingerprint density at radius 1 is 1.50 bits per heavy atom. The predicted octanol–water partition coefficient (Wildman–Crippen LogP) is 2.01. The van der Waals surface area contributed by atoms with Crippen LogP contribution in [0.1, 0.15) is 31.7 Å². The standard InChI is InChI=1S/C13H18ClN3O2S/c1-2-3-4-11(9-16)17-20(18,19)12-5-6-13(14)10(7-12)8-15/h5-7,11,17H,2-4,9,16H2,1H3. The van der Waals surface area contributed by atoms with Crippen molar-refractivity contribution in [1.82, 2.24) is 4.72 Å². The van der Waals surface area contributed by atoms with Crippen LogP contribution >= 0.6 is 11.6 Å². The summed E-state index contributed by atoms with van der Waals surface area (Å²) in [7, 11) is -3.69. The first-order valence-corrected chi connectivity index (χ1v) is 8.22. The molecule has 3 N–H and O–H groups in total. The molecule has 0 saturated heterocycles. The van der Waals surface area contributed by atoms with Crippen molar-refractivity contribution in [2.75, 3.05) is 6.54 Å². The van der Waals surface area contributed by atoms with Gasteiger partial charge in [-0.05, 0) is 24.6 Å². The van der Waals surface area contributed by atoms with Gasteiger partial charge in [0.25, 0.3) is 0 Å². The summed E-state index contributed by atoms with van der Waals surface area (Å²) in [5.74, 6) is 0. The zero-order valence-corrected chi connectivity index (χ0v) is 12.8. The van der Waals surface area contributed by atoms with Crippen LogP contribution in [0.3, 0.4) is 0 Å². The van der Waals surface area contributed by atoms with E-state index < -0.39 is 10.0 Å². The lowest BCUT2D eigenvalue weighted by Crippen LogP contribution is -2.40. The molecule has 0 aliphatic rings. The minimum atomic E-state index is -3.69. The third-order valence-corrected chi connectivity index (χ3v) is 4.73. The average molecular weight is 316 g/mol. The molecule has 110 valence electrons. The molecule has 0 radical (unpaired) electrons. The molecule has 0 spiro atoms. The lowest BCUT2D eigenvalue weighted by atomic mass is 10.1. The van der Waals surface area contributed by atoms with Gasteiger partial charge in [0.2, 0.25) is 10.0 Å². The van der Waals surface area contributed by atoms with Crippen LogP contribution < -0.4 is 10.5 Å². The highest BCUT2D eigenvalue weighted by atomic mass is 35.5. The molecular weight excluding hydrogens is 298 g/mol. The number of hydrogen-bond donors (Lipinski definition) is 2. The van der Waals surface area contributed by atoms with Crippen LogP contribution in [0, 0.1) is 11.3 Å². The highest BCUT2D eigenvalue weighted by Gasteiger charge is 2.20. The van der Waals surface area contributed by atoms with Crippen molar-refractivity contribution in [2.24, 2.45) is 5.73 Å². The van der Waals surface area contributed by atoms with Crippen molar-refractivity contribution in [3.8, 4) is 6.07 Å². The number of sulfonamides is 1. The molecule has 1 atom stereocenters. The molecule has 0 bridgehead atoms. The van der Waals surface area contributed by atoms with Gasteiger partial charge in [-0.2, -0.15) is 5.26 Å². The van der Waals surface area contributed by atoms with Gasteiger partial charge in [0.1, 0.15) is 6.07 Å². The van der Waals surface area contributed by atoms with Gasteiger partial charge < -0.3 is 5.73 Å². The monoisotopic (exact) mass is 315 g/mol. The van der Waals surface area contributed by atoms with Crippen LogP contribution in [0.25, 0.3) is 0 Å². The Bertz CT molecular complexity index is 596. The van der Waals surface area contributed by atoms with Crippen LogP contribution in [-0.2, 0) is 10.0 Å². The van der Waals surface area contributed by atoms with E-state index in [4.69, 9.17) is 22.6 Å². The van der Waals surface area contributed by atoms with Crippen LogP contribution in [-0.4, -0.2) is 21.0 Å². The third-order valence-electron chi connectivity index (χ3n) is 2.88. The molecule has 0 heterocycles. The molecule has 1 aromatic rings. The van der Waals surface area contributed by atoms with Gasteiger partial charge in [0.15, 0.2) is 0 Å². The fourth-order valence-corrected chi connectivity index (χ4v) is 3.19. The summed E-state index contributed by atoms with van der Waals surface area (Å²) in [6, 6.07) is 5.59. The zero-order chi connectivity index (χ0) is 15.2. The van der Waals surface area contributed by atoms with Gasteiger partial charge in [-0.15, -0.1) is 0 Å². The quantitative estimate of drug-likeness (QED) is 0.804. The van der Waals surface area contributed by atoms with E-state index in [1.165, 1.54) is 18.2 Å². The topological polar surface area (TPSA) is 96.0 Å². The maximum absolute atomic E-state index is 12.2. The highest BCUT2D eigenvalue weighted by molar-refractivity contribution is 7.89. The molecule has 0 aliphatic carbocycles. The summed E-state index contributed by atoms with van der Waals surface area (Å²) in [4.78, 5) is 0.0217. The summed E-state index contributed by atoms with van der Waals surface area (Å²) in [6.07, 6.45) is 2.55. The molecule has 1 unspecified atom stereocenters. The average Bonchev–Trinajstić information content (AvgIpc) is 2.43. The van der Waals surface area contributed by atoms with Crippen LogP contribution in [0.5, 0.6) is 0 Å². The van der Waals surface area contributed by atoms with Crippen LogP contribution in [0.2, 0.25) is 5.02 Å². The highest BCUT2D eigenvalue weighted by Crippen LogP contribution is 2.20. The van der Waals surface area contributed by atoms with E-state index in [0.717, 1.165) is 12.8 Å². The molecule has 5 nitrogen and oxygen atoms in total. The number of benzene rings is 1. The zero-order valence-electron chi connectivity index (χ0n) is 11.3. The van der Waals surface area contributed by atoms with Crippen molar-refractivity contribution in [3.05, 3.63) is 28.8 Å². The van der Waals surface area contributed by atoms with Gasteiger partial charge in [0, 0.05) is 12.6 Å². The second kappa shape index (κ2) is 7.60. The van der Waals surface area contributed by atoms with Gasteiger partial charge in [-0.25, -0.2) is 13.1 Å². The number of nitrogens with one attached hydrogen (secondary N) is 1. The van der Waals surface area contributed by atoms with E-state index in [-0.39, 0.29) is 28.1 Å². The lowest BCUT2D eigenvalue weighted by Gasteiger charge is -2.16. The Morgan fingerprint density at radius 2 is 2.20 bits per heavy atom. The third kappa shape index (κ3) is 4.46. The molecule has 20 heavy (non-hydrogen) atoms. The largest absolute Gasteiger partial charge is 0.329 e. The fourth-order valence-electron chi connectivity index (χ4n) is 1.72. The Balaban J connectivity index is 2.96. The number of hydrogen-bond acceptors (Lipinski definition) is 4. The summed E-state index contributed by atoms with van der Waals surface area (Å²) in [6.45, 7) is 2.26. The first kappa shape index (κ1) is 16.9. The van der Waals surface area contributed by atoms with Crippen molar-refractivity contribution in [2.45, 2.75) is 37.1 Å². The SMILES string of the molecule is CCCCC(CN)NS(=O)(=O)c1ccc(Cl)c(C#N)c1. The second-order valence-corrected chi connectivity index (χ2v) is 6.57. The van der Waals surface area contributed by atoms with Crippen LogP contribution in [0.4, 0.5) is 0 Å². The van der Waals surface area contributed by atoms with Gasteiger partial charge in [-0.1, -0.05) is 31.4 Å². The van der Waals surface area contributed by atoms with Gasteiger partial charge in [-0.3, -0.25) is 0 Å². The minimum Gasteiger partial charge on any atom is -0.329 e. The van der Waals surface area contributed by atoms with Crippen molar-refractivity contribution in [3.63, 3.8) is 0 Å². The molecule has 0 aromatic heterocycles. The number of rotatable bonds is 7. The number of nitrogens with zero attached hydrogens (tertiary/aromatic N) is 1. The molecule has 1 rings (SSSR count). The number of halogens is 1. The number of unbranched alkanes of at least 4 members (excludes halogenated alkanes) is 1. The maximum atomic E-state index is 12.2. The summed E-state index contributed by atoms with van der Waals surface area (Å²) in [5, 5.41) is 9.11. The molecule has 0 aliphatic heterocycles. The Labute approximate surface area is 124 Å².